The summed E-state index contributed by atoms with van der Waals surface area (Å²) in [5.74, 6) is -0.434. The second kappa shape index (κ2) is 7.47. The summed E-state index contributed by atoms with van der Waals surface area (Å²) < 4.78 is 25.3. The Morgan fingerprint density at radius 1 is 1.23 bits per heavy atom. The summed E-state index contributed by atoms with van der Waals surface area (Å²) in [4.78, 5) is 12.2. The average molecular weight is 392 g/mol. The molecule has 8 heteroatoms. The zero-order valence-electron chi connectivity index (χ0n) is 14.1. The molecule has 0 spiro atoms. The maximum absolute atomic E-state index is 12.2. The summed E-state index contributed by atoms with van der Waals surface area (Å²) >= 11 is 5.74. The summed E-state index contributed by atoms with van der Waals surface area (Å²) in [6, 6.07) is 16.3. The number of anilines is 1. The molecule has 136 valence electrons. The van der Waals surface area contributed by atoms with Crippen LogP contribution in [0.4, 0.5) is 5.69 Å². The summed E-state index contributed by atoms with van der Waals surface area (Å²) in [5.41, 5.74) is 2.88. The maximum Gasteiger partial charge on any atom is 0.258 e. The van der Waals surface area contributed by atoms with Gasteiger partial charge in [-0.05, 0) is 23.3 Å². The van der Waals surface area contributed by atoms with Gasteiger partial charge in [-0.3, -0.25) is 9.52 Å². The van der Waals surface area contributed by atoms with Crippen molar-refractivity contribution in [1.29, 1.82) is 0 Å². The quantitative estimate of drug-likeness (QED) is 0.796. The van der Waals surface area contributed by atoms with Crippen molar-refractivity contribution in [3.63, 3.8) is 0 Å². The Kier molecular flexibility index (Phi) is 5.29. The smallest absolute Gasteiger partial charge is 0.258 e. The van der Waals surface area contributed by atoms with Gasteiger partial charge in [0, 0.05) is 12.1 Å². The van der Waals surface area contributed by atoms with Gasteiger partial charge < -0.3 is 0 Å². The Morgan fingerprint density at radius 2 is 1.96 bits per heavy atom. The topological polar surface area (TPSA) is 78.8 Å². The van der Waals surface area contributed by atoms with Crippen LogP contribution in [0.3, 0.4) is 0 Å². The zero-order chi connectivity index (χ0) is 18.7. The minimum atomic E-state index is -3.37. The number of sulfonamides is 1. The van der Waals surface area contributed by atoms with E-state index < -0.39 is 10.0 Å². The molecule has 0 saturated heterocycles. The fourth-order valence-corrected chi connectivity index (χ4v) is 3.56. The van der Waals surface area contributed by atoms with E-state index in [-0.39, 0.29) is 17.8 Å². The molecular formula is C18H18ClN3O3S. The van der Waals surface area contributed by atoms with E-state index in [1.165, 1.54) is 5.01 Å². The predicted molar refractivity (Wildman–Crippen MR) is 103 cm³/mol. The number of benzene rings is 2. The number of amides is 1. The third kappa shape index (κ3) is 4.23. The van der Waals surface area contributed by atoms with Crippen LogP contribution in [-0.4, -0.2) is 37.2 Å². The van der Waals surface area contributed by atoms with Crippen molar-refractivity contribution in [2.45, 2.75) is 12.5 Å². The molecule has 3 rings (SSSR count). The van der Waals surface area contributed by atoms with Crippen molar-refractivity contribution in [3.05, 3.63) is 65.7 Å². The van der Waals surface area contributed by atoms with Crippen LogP contribution in [0.5, 0.6) is 0 Å². The minimum absolute atomic E-state index is 0.157. The monoisotopic (exact) mass is 391 g/mol. The molecule has 1 aliphatic heterocycles. The number of carbonyl (C=O) groups is 1. The summed E-state index contributed by atoms with van der Waals surface area (Å²) in [6.07, 6.45) is 1.62. The highest BCUT2D eigenvalue weighted by Crippen LogP contribution is 2.33. The van der Waals surface area contributed by atoms with E-state index in [0.29, 0.717) is 17.8 Å². The standard InChI is InChI=1S/C18H18ClN3O3S/c1-26(24,25)21-15-9-5-8-14(10-15)16-11-17(13-6-3-2-4-7-13)22(20-16)18(23)12-19/h2-10,17,21H,11-12H2,1H3/t17-/m1/s1. The van der Waals surface area contributed by atoms with Gasteiger partial charge in [-0.25, -0.2) is 13.4 Å². The number of nitrogens with zero attached hydrogens (tertiary/aromatic N) is 2. The van der Waals surface area contributed by atoms with Gasteiger partial charge in [-0.15, -0.1) is 11.6 Å². The number of halogens is 1. The van der Waals surface area contributed by atoms with Gasteiger partial charge in [-0.2, -0.15) is 5.10 Å². The van der Waals surface area contributed by atoms with E-state index in [1.54, 1.807) is 18.2 Å². The van der Waals surface area contributed by atoms with E-state index in [2.05, 4.69) is 9.82 Å². The van der Waals surface area contributed by atoms with Crippen molar-refractivity contribution in [1.82, 2.24) is 5.01 Å². The molecular weight excluding hydrogens is 374 g/mol. The number of alkyl halides is 1. The second-order valence-electron chi connectivity index (χ2n) is 6.00. The molecule has 1 aliphatic rings. The predicted octanol–water partition coefficient (Wildman–Crippen LogP) is 2.97. The molecule has 1 atom stereocenters. The van der Waals surface area contributed by atoms with Gasteiger partial charge in [0.1, 0.15) is 5.88 Å². The molecule has 2 aromatic rings. The molecule has 0 radical (unpaired) electrons. The highest BCUT2D eigenvalue weighted by molar-refractivity contribution is 7.92. The molecule has 0 saturated carbocycles. The molecule has 1 heterocycles. The Balaban J connectivity index is 1.93. The average Bonchev–Trinajstić information content (AvgIpc) is 3.06. The molecule has 0 aliphatic carbocycles. The fraction of sp³-hybridized carbons (Fsp3) is 0.222. The Morgan fingerprint density at radius 3 is 2.62 bits per heavy atom. The molecule has 0 bridgehead atoms. The molecule has 6 nitrogen and oxygen atoms in total. The van der Waals surface area contributed by atoms with E-state index in [4.69, 9.17) is 11.6 Å². The lowest BCUT2D eigenvalue weighted by Gasteiger charge is -2.21. The van der Waals surface area contributed by atoms with Crippen LogP contribution >= 0.6 is 11.6 Å². The summed E-state index contributed by atoms with van der Waals surface area (Å²) in [7, 11) is -3.37. The first-order valence-electron chi connectivity index (χ1n) is 7.96. The second-order valence-corrected chi connectivity index (χ2v) is 8.02. The molecule has 1 N–H and O–H groups in total. The molecule has 0 fully saturated rings. The van der Waals surface area contributed by atoms with Crippen molar-refractivity contribution >= 4 is 38.9 Å². The summed E-state index contributed by atoms with van der Waals surface area (Å²) in [6.45, 7) is 0. The van der Waals surface area contributed by atoms with Gasteiger partial charge in [0.15, 0.2) is 0 Å². The first-order chi connectivity index (χ1) is 12.4. The number of hydrogen-bond donors (Lipinski definition) is 1. The van der Waals surface area contributed by atoms with Crippen molar-refractivity contribution in [3.8, 4) is 0 Å². The van der Waals surface area contributed by atoms with Gasteiger partial charge in [0.05, 0.1) is 18.0 Å². The van der Waals surface area contributed by atoms with Crippen LogP contribution in [0, 0.1) is 0 Å². The van der Waals surface area contributed by atoms with Crippen molar-refractivity contribution in [2.24, 2.45) is 5.10 Å². The molecule has 0 unspecified atom stereocenters. The number of nitrogens with one attached hydrogen (secondary N) is 1. The fourth-order valence-electron chi connectivity index (χ4n) is 2.89. The highest BCUT2D eigenvalue weighted by Gasteiger charge is 2.32. The highest BCUT2D eigenvalue weighted by atomic mass is 35.5. The van der Waals surface area contributed by atoms with Gasteiger partial charge in [0.25, 0.3) is 5.91 Å². The molecule has 26 heavy (non-hydrogen) atoms. The van der Waals surface area contributed by atoms with Crippen LogP contribution in [0.2, 0.25) is 0 Å². The summed E-state index contributed by atoms with van der Waals surface area (Å²) in [5, 5.41) is 5.87. The van der Waals surface area contributed by atoms with Crippen LogP contribution in [0.25, 0.3) is 0 Å². The number of rotatable bonds is 5. The van der Waals surface area contributed by atoms with Crippen LogP contribution < -0.4 is 4.72 Å². The molecule has 2 aromatic carbocycles. The van der Waals surface area contributed by atoms with Gasteiger partial charge in [0.2, 0.25) is 10.0 Å². The molecule has 0 aromatic heterocycles. The number of hydrogen-bond acceptors (Lipinski definition) is 4. The van der Waals surface area contributed by atoms with Crippen molar-refractivity contribution in [2.75, 3.05) is 16.9 Å². The van der Waals surface area contributed by atoms with Crippen molar-refractivity contribution < 1.29 is 13.2 Å². The first-order valence-corrected chi connectivity index (χ1v) is 10.4. The van der Waals surface area contributed by atoms with Gasteiger partial charge in [-0.1, -0.05) is 42.5 Å². The lowest BCUT2D eigenvalue weighted by molar-refractivity contribution is -0.130. The van der Waals surface area contributed by atoms with E-state index in [1.807, 2.05) is 36.4 Å². The van der Waals surface area contributed by atoms with Crippen LogP contribution in [0.1, 0.15) is 23.6 Å². The molecule has 1 amide bonds. The largest absolute Gasteiger partial charge is 0.284 e. The lowest BCUT2D eigenvalue weighted by atomic mass is 9.98. The normalized spacial score (nSPS) is 17.1. The van der Waals surface area contributed by atoms with Gasteiger partial charge >= 0.3 is 0 Å². The Labute approximate surface area is 157 Å². The number of hydrazone groups is 1. The van der Waals surface area contributed by atoms with Crippen LogP contribution in [-0.2, 0) is 14.8 Å². The Bertz CT molecular complexity index is 945. The third-order valence-electron chi connectivity index (χ3n) is 3.96. The first kappa shape index (κ1) is 18.4. The zero-order valence-corrected chi connectivity index (χ0v) is 15.7. The lowest BCUT2D eigenvalue weighted by Crippen LogP contribution is -2.27. The van der Waals surface area contributed by atoms with Crippen LogP contribution in [0.15, 0.2) is 59.7 Å². The minimum Gasteiger partial charge on any atom is -0.284 e. The van der Waals surface area contributed by atoms with E-state index >= 15 is 0 Å². The number of carbonyl (C=O) groups excluding carboxylic acids is 1. The SMILES string of the molecule is CS(=O)(=O)Nc1cccc(C2=NN(C(=O)CCl)[C@@H](c3ccccc3)C2)c1. The maximum atomic E-state index is 12.2. The van der Waals surface area contributed by atoms with E-state index in [9.17, 15) is 13.2 Å². The van der Waals surface area contributed by atoms with E-state index in [0.717, 1.165) is 17.4 Å². The Hall–Kier alpha value is -2.38. The third-order valence-corrected chi connectivity index (χ3v) is 4.80.